The number of para-hydroxylation sites is 1. The maximum atomic E-state index is 14.1. The first-order chi connectivity index (χ1) is 14.2. The lowest BCUT2D eigenvalue weighted by Gasteiger charge is -2.13. The second kappa shape index (κ2) is 8.16. The van der Waals surface area contributed by atoms with Crippen molar-refractivity contribution >= 4 is 28.7 Å². The van der Waals surface area contributed by atoms with E-state index in [2.05, 4.69) is 20.5 Å². The number of aromatic nitrogens is 1. The van der Waals surface area contributed by atoms with Gasteiger partial charge in [0.1, 0.15) is 23.3 Å². The fraction of sp³-hybridized carbons (Fsp3) is 0.100. The van der Waals surface area contributed by atoms with E-state index in [4.69, 9.17) is 5.73 Å². The average Bonchev–Trinajstić information content (AvgIpc) is 2.68. The molecule has 0 radical (unpaired) electrons. The summed E-state index contributed by atoms with van der Waals surface area (Å²) in [6.07, 6.45) is -4.83. The third-order valence-electron chi connectivity index (χ3n) is 4.13. The molecule has 0 unspecified atom stereocenters. The van der Waals surface area contributed by atoms with Crippen LogP contribution in [0.2, 0.25) is 0 Å². The predicted octanol–water partition coefficient (Wildman–Crippen LogP) is 6.16. The number of nitrogens with one attached hydrogen (secondary N) is 1. The Hall–Kier alpha value is -4.00. The van der Waals surface area contributed by atoms with Gasteiger partial charge in [0, 0.05) is 11.3 Å². The van der Waals surface area contributed by atoms with Gasteiger partial charge in [-0.05, 0) is 31.2 Å². The Morgan fingerprint density at radius 1 is 1.03 bits per heavy atom. The van der Waals surface area contributed by atoms with Gasteiger partial charge in [-0.1, -0.05) is 24.3 Å². The fourth-order valence-electron chi connectivity index (χ4n) is 2.67. The highest BCUT2D eigenvalue weighted by Gasteiger charge is 2.35. The van der Waals surface area contributed by atoms with Crippen molar-refractivity contribution in [2.24, 2.45) is 10.2 Å². The van der Waals surface area contributed by atoms with Crippen LogP contribution in [0.4, 0.5) is 46.3 Å². The Labute approximate surface area is 168 Å². The van der Waals surface area contributed by atoms with Crippen molar-refractivity contribution < 1.29 is 17.6 Å². The molecule has 3 aromatic rings. The van der Waals surface area contributed by atoms with Crippen LogP contribution < -0.4 is 11.1 Å². The molecular weight excluding hydrogens is 400 g/mol. The highest BCUT2D eigenvalue weighted by molar-refractivity contribution is 5.76. The zero-order chi connectivity index (χ0) is 21.9. The smallest absolute Gasteiger partial charge is 0.383 e. The van der Waals surface area contributed by atoms with Crippen LogP contribution in [0.3, 0.4) is 0 Å². The van der Waals surface area contributed by atoms with Crippen LogP contribution in [0.15, 0.2) is 58.8 Å². The molecule has 0 fully saturated rings. The summed E-state index contributed by atoms with van der Waals surface area (Å²) in [5, 5.41) is 19.6. The van der Waals surface area contributed by atoms with Crippen LogP contribution in [0, 0.1) is 24.1 Å². The number of nitrogens with two attached hydrogens (primary N) is 1. The molecule has 0 atom stereocenters. The molecule has 0 saturated heterocycles. The van der Waals surface area contributed by atoms with Crippen molar-refractivity contribution in [3.63, 3.8) is 0 Å². The lowest BCUT2D eigenvalue weighted by atomic mass is 10.1. The summed E-state index contributed by atoms with van der Waals surface area (Å²) < 4.78 is 53.7. The first kappa shape index (κ1) is 20.7. The monoisotopic (exact) mass is 414 g/mol. The number of alkyl halides is 3. The van der Waals surface area contributed by atoms with Crippen LogP contribution in [0.1, 0.15) is 16.7 Å². The number of rotatable bonds is 4. The molecule has 0 amide bonds. The van der Waals surface area contributed by atoms with Gasteiger partial charge in [0.05, 0.1) is 11.1 Å². The van der Waals surface area contributed by atoms with Crippen molar-refractivity contribution in [3.8, 4) is 6.07 Å². The largest absolute Gasteiger partial charge is 0.418 e. The summed E-state index contributed by atoms with van der Waals surface area (Å²) >= 11 is 0. The summed E-state index contributed by atoms with van der Waals surface area (Å²) in [7, 11) is 0. The first-order valence-electron chi connectivity index (χ1n) is 8.52. The lowest BCUT2D eigenvalue weighted by Crippen LogP contribution is -2.06. The lowest BCUT2D eigenvalue weighted by molar-refractivity contribution is -0.137. The molecule has 3 N–H and O–H groups in total. The number of nitriles is 1. The van der Waals surface area contributed by atoms with E-state index >= 15 is 0 Å². The zero-order valence-electron chi connectivity index (χ0n) is 15.5. The molecule has 0 aliphatic rings. The number of hydrogen-bond donors (Lipinski definition) is 2. The molecular formula is C20H14F4N6. The number of azo groups is 1. The SMILES string of the molecule is Cc1c(C#N)c(N)nc(Nc2ccccc2)c1N=Nc1c(F)cccc1C(F)(F)F. The van der Waals surface area contributed by atoms with Gasteiger partial charge in [0.2, 0.25) is 0 Å². The molecule has 0 aliphatic carbocycles. The van der Waals surface area contributed by atoms with Crippen LogP contribution in [-0.2, 0) is 6.18 Å². The third-order valence-corrected chi connectivity index (χ3v) is 4.13. The molecule has 0 saturated carbocycles. The minimum Gasteiger partial charge on any atom is -0.383 e. The third kappa shape index (κ3) is 4.20. The standard InChI is InChI=1S/C20H14F4N6/c1-11-13(10-25)18(26)28-19(27-12-6-3-2-4-7-12)16(11)29-30-17-14(20(22,23)24)8-5-9-15(17)21/h2-9H,1H3,(H3,26,27,28). The van der Waals surface area contributed by atoms with Gasteiger partial charge < -0.3 is 11.1 Å². The number of halogens is 4. The number of anilines is 3. The molecule has 152 valence electrons. The second-order valence-electron chi connectivity index (χ2n) is 6.13. The molecule has 2 aromatic carbocycles. The Bertz CT molecular complexity index is 1150. The number of hydrogen-bond acceptors (Lipinski definition) is 6. The first-order valence-corrected chi connectivity index (χ1v) is 8.52. The molecule has 0 spiro atoms. The molecule has 30 heavy (non-hydrogen) atoms. The molecule has 1 aromatic heterocycles. The van der Waals surface area contributed by atoms with Crippen molar-refractivity contribution in [3.05, 3.63) is 71.0 Å². The van der Waals surface area contributed by atoms with Crippen LogP contribution in [0.25, 0.3) is 0 Å². The topological polar surface area (TPSA) is 99.5 Å². The van der Waals surface area contributed by atoms with E-state index in [0.29, 0.717) is 11.8 Å². The van der Waals surface area contributed by atoms with Crippen LogP contribution >= 0.6 is 0 Å². The van der Waals surface area contributed by atoms with Gasteiger partial charge in [-0.15, -0.1) is 10.2 Å². The quantitative estimate of drug-likeness (QED) is 0.394. The summed E-state index contributed by atoms with van der Waals surface area (Å²) in [5.74, 6) is -1.22. The van der Waals surface area contributed by atoms with Gasteiger partial charge in [0.25, 0.3) is 0 Å². The van der Waals surface area contributed by atoms with E-state index in [0.717, 1.165) is 12.1 Å². The minimum atomic E-state index is -4.83. The Morgan fingerprint density at radius 2 is 1.70 bits per heavy atom. The predicted molar refractivity (Wildman–Crippen MR) is 103 cm³/mol. The minimum absolute atomic E-state index is 0.00728. The van der Waals surface area contributed by atoms with Gasteiger partial charge in [0.15, 0.2) is 11.6 Å². The number of pyridine rings is 1. The zero-order valence-corrected chi connectivity index (χ0v) is 15.5. The summed E-state index contributed by atoms with van der Waals surface area (Å²) in [4.78, 5) is 4.08. The molecule has 6 nitrogen and oxygen atoms in total. The summed E-state index contributed by atoms with van der Waals surface area (Å²) in [5.41, 5.74) is 4.35. The molecule has 10 heteroatoms. The molecule has 1 heterocycles. The van der Waals surface area contributed by atoms with Crippen molar-refractivity contribution in [1.82, 2.24) is 4.98 Å². The van der Waals surface area contributed by atoms with Crippen molar-refractivity contribution in [2.45, 2.75) is 13.1 Å². The normalized spacial score (nSPS) is 11.5. The van der Waals surface area contributed by atoms with Crippen molar-refractivity contribution in [2.75, 3.05) is 11.1 Å². The maximum absolute atomic E-state index is 14.1. The maximum Gasteiger partial charge on any atom is 0.418 e. The van der Waals surface area contributed by atoms with Crippen LogP contribution in [0.5, 0.6) is 0 Å². The van der Waals surface area contributed by atoms with E-state index in [9.17, 15) is 22.8 Å². The van der Waals surface area contributed by atoms with E-state index in [1.807, 2.05) is 6.07 Å². The number of nitrogen functional groups attached to an aromatic ring is 1. The van der Waals surface area contributed by atoms with Gasteiger partial charge >= 0.3 is 6.18 Å². The molecule has 3 rings (SSSR count). The van der Waals surface area contributed by atoms with Crippen molar-refractivity contribution in [1.29, 1.82) is 5.26 Å². The Balaban J connectivity index is 2.16. The summed E-state index contributed by atoms with van der Waals surface area (Å²) in [6, 6.07) is 13.1. The Kier molecular flexibility index (Phi) is 5.64. The van der Waals surface area contributed by atoms with E-state index in [1.165, 1.54) is 6.92 Å². The fourth-order valence-corrected chi connectivity index (χ4v) is 2.67. The highest BCUT2D eigenvalue weighted by Crippen LogP contribution is 2.40. The van der Waals surface area contributed by atoms with Gasteiger partial charge in [-0.2, -0.15) is 18.4 Å². The van der Waals surface area contributed by atoms with Gasteiger partial charge in [-0.25, -0.2) is 9.37 Å². The van der Waals surface area contributed by atoms with E-state index in [1.54, 1.807) is 30.3 Å². The highest BCUT2D eigenvalue weighted by atomic mass is 19.4. The molecule has 0 aliphatic heterocycles. The number of nitrogens with zero attached hydrogens (tertiary/aromatic N) is 4. The second-order valence-corrected chi connectivity index (χ2v) is 6.13. The van der Waals surface area contributed by atoms with Gasteiger partial charge in [-0.3, -0.25) is 0 Å². The summed E-state index contributed by atoms with van der Waals surface area (Å²) in [6.45, 7) is 1.49. The number of benzene rings is 2. The van der Waals surface area contributed by atoms with Crippen LogP contribution in [-0.4, -0.2) is 4.98 Å². The average molecular weight is 414 g/mol. The van der Waals surface area contributed by atoms with E-state index in [-0.39, 0.29) is 28.5 Å². The van der Waals surface area contributed by atoms with E-state index < -0.39 is 23.2 Å². The Morgan fingerprint density at radius 3 is 2.33 bits per heavy atom. The molecule has 0 bridgehead atoms.